The van der Waals surface area contributed by atoms with Gasteiger partial charge >= 0.3 is 0 Å². The lowest BCUT2D eigenvalue weighted by Gasteiger charge is -2.08. The number of nitrogens with zero attached hydrogens (tertiary/aromatic N) is 3. The number of carbonyl (C=O) groups excluding carboxylic acids is 1. The van der Waals surface area contributed by atoms with E-state index in [1.165, 1.54) is 24.3 Å². The number of aromatic nitrogens is 1. The van der Waals surface area contributed by atoms with Crippen LogP contribution < -0.4 is 5.43 Å². The summed E-state index contributed by atoms with van der Waals surface area (Å²) >= 11 is 0. The maximum absolute atomic E-state index is 12.1. The number of hydrogen-bond donors (Lipinski definition) is 1. The molecule has 0 saturated heterocycles. The quantitative estimate of drug-likeness (QED) is 0.430. The standard InChI is InChI=1S/C19H18N4O3/c1-13(2)22-12-15(17-8-3-4-9-18(17)22)11-20-21-19(24)14-6-5-7-16(10-14)23(25)26/h3-13H,1-2H3,(H,21,24)/b20-11+. The molecular weight excluding hydrogens is 332 g/mol. The second kappa shape index (κ2) is 7.18. The molecule has 2 aromatic carbocycles. The van der Waals surface area contributed by atoms with Gasteiger partial charge in [0.1, 0.15) is 0 Å². The first-order valence-electron chi connectivity index (χ1n) is 8.15. The van der Waals surface area contributed by atoms with E-state index in [4.69, 9.17) is 0 Å². The number of benzene rings is 2. The number of hydrazone groups is 1. The van der Waals surface area contributed by atoms with E-state index < -0.39 is 10.8 Å². The largest absolute Gasteiger partial charge is 0.344 e. The minimum absolute atomic E-state index is 0.137. The van der Waals surface area contributed by atoms with Crippen molar-refractivity contribution in [2.75, 3.05) is 0 Å². The number of non-ortho nitro benzene ring substituents is 1. The molecule has 0 aliphatic rings. The predicted molar refractivity (Wildman–Crippen MR) is 100 cm³/mol. The highest BCUT2D eigenvalue weighted by atomic mass is 16.6. The third-order valence-electron chi connectivity index (χ3n) is 4.02. The number of amides is 1. The zero-order valence-electron chi connectivity index (χ0n) is 14.4. The average molecular weight is 350 g/mol. The van der Waals surface area contributed by atoms with Crippen molar-refractivity contribution in [1.29, 1.82) is 0 Å². The van der Waals surface area contributed by atoms with Gasteiger partial charge in [-0.3, -0.25) is 14.9 Å². The van der Waals surface area contributed by atoms with Gasteiger partial charge in [-0.15, -0.1) is 0 Å². The highest BCUT2D eigenvalue weighted by molar-refractivity contribution is 6.00. The summed E-state index contributed by atoms with van der Waals surface area (Å²) in [7, 11) is 0. The molecule has 0 aliphatic heterocycles. The Bertz CT molecular complexity index is 1000. The summed E-state index contributed by atoms with van der Waals surface area (Å²) in [5, 5.41) is 15.8. The molecule has 132 valence electrons. The Morgan fingerprint density at radius 1 is 1.23 bits per heavy atom. The van der Waals surface area contributed by atoms with Crippen LogP contribution in [0.3, 0.4) is 0 Å². The average Bonchev–Trinajstić information content (AvgIpc) is 3.01. The summed E-state index contributed by atoms with van der Waals surface area (Å²) in [6.07, 6.45) is 3.56. The van der Waals surface area contributed by atoms with E-state index in [1.54, 1.807) is 6.21 Å². The van der Waals surface area contributed by atoms with Crippen LogP contribution >= 0.6 is 0 Å². The molecule has 3 aromatic rings. The fourth-order valence-electron chi connectivity index (χ4n) is 2.75. The molecule has 1 heterocycles. The van der Waals surface area contributed by atoms with Gasteiger partial charge in [0.05, 0.1) is 11.1 Å². The van der Waals surface area contributed by atoms with Gasteiger partial charge in [-0.25, -0.2) is 5.43 Å². The van der Waals surface area contributed by atoms with Crippen LogP contribution in [-0.2, 0) is 0 Å². The Kier molecular flexibility index (Phi) is 4.79. The molecule has 7 nitrogen and oxygen atoms in total. The molecule has 0 aliphatic carbocycles. The van der Waals surface area contributed by atoms with Crippen molar-refractivity contribution in [3.05, 3.63) is 76.0 Å². The molecule has 0 radical (unpaired) electrons. The molecular formula is C19H18N4O3. The van der Waals surface area contributed by atoms with Gasteiger partial charge in [-0.2, -0.15) is 5.10 Å². The van der Waals surface area contributed by atoms with Crippen LogP contribution in [0.4, 0.5) is 5.69 Å². The highest BCUT2D eigenvalue weighted by Crippen LogP contribution is 2.23. The molecule has 0 spiro atoms. The van der Waals surface area contributed by atoms with Gasteiger partial charge < -0.3 is 4.57 Å². The van der Waals surface area contributed by atoms with E-state index in [0.717, 1.165) is 16.5 Å². The number of carbonyl (C=O) groups is 1. The Balaban J connectivity index is 1.81. The summed E-state index contributed by atoms with van der Waals surface area (Å²) in [5.74, 6) is -0.502. The van der Waals surface area contributed by atoms with Crippen molar-refractivity contribution in [2.45, 2.75) is 19.9 Å². The van der Waals surface area contributed by atoms with Crippen molar-refractivity contribution < 1.29 is 9.72 Å². The Hall–Kier alpha value is -3.48. The van der Waals surface area contributed by atoms with Crippen LogP contribution in [-0.4, -0.2) is 21.6 Å². The van der Waals surface area contributed by atoms with Crippen LogP contribution in [0.15, 0.2) is 59.8 Å². The van der Waals surface area contributed by atoms with E-state index in [1.807, 2.05) is 30.5 Å². The number of nitrogens with one attached hydrogen (secondary N) is 1. The first kappa shape index (κ1) is 17.3. The van der Waals surface area contributed by atoms with Crippen molar-refractivity contribution in [3.63, 3.8) is 0 Å². The number of fused-ring (bicyclic) bond motifs is 1. The smallest absolute Gasteiger partial charge is 0.271 e. The third-order valence-corrected chi connectivity index (χ3v) is 4.02. The fraction of sp³-hybridized carbons (Fsp3) is 0.158. The van der Waals surface area contributed by atoms with Gasteiger partial charge in [0.2, 0.25) is 0 Å². The minimum Gasteiger partial charge on any atom is -0.344 e. The van der Waals surface area contributed by atoms with Crippen LogP contribution in [0.1, 0.15) is 35.8 Å². The number of para-hydroxylation sites is 1. The zero-order chi connectivity index (χ0) is 18.7. The number of rotatable bonds is 5. The van der Waals surface area contributed by atoms with Gasteiger partial charge in [-0.1, -0.05) is 24.3 Å². The summed E-state index contributed by atoms with van der Waals surface area (Å²) in [4.78, 5) is 22.4. The molecule has 0 unspecified atom stereocenters. The van der Waals surface area contributed by atoms with Crippen molar-refractivity contribution in [2.24, 2.45) is 5.10 Å². The molecule has 26 heavy (non-hydrogen) atoms. The first-order valence-corrected chi connectivity index (χ1v) is 8.15. The van der Waals surface area contributed by atoms with Crippen molar-refractivity contribution in [1.82, 2.24) is 9.99 Å². The Morgan fingerprint density at radius 2 is 2.00 bits per heavy atom. The second-order valence-corrected chi connectivity index (χ2v) is 6.11. The number of nitro groups is 1. The van der Waals surface area contributed by atoms with Crippen LogP contribution in [0.5, 0.6) is 0 Å². The van der Waals surface area contributed by atoms with E-state index in [9.17, 15) is 14.9 Å². The molecule has 1 N–H and O–H groups in total. The maximum Gasteiger partial charge on any atom is 0.271 e. The summed E-state index contributed by atoms with van der Waals surface area (Å²) in [6, 6.07) is 13.8. The van der Waals surface area contributed by atoms with E-state index in [0.29, 0.717) is 6.04 Å². The van der Waals surface area contributed by atoms with Crippen LogP contribution in [0, 0.1) is 10.1 Å². The lowest BCUT2D eigenvalue weighted by Crippen LogP contribution is -2.17. The third kappa shape index (κ3) is 3.46. The molecule has 0 saturated carbocycles. The van der Waals surface area contributed by atoms with Gasteiger partial charge in [0.15, 0.2) is 0 Å². The topological polar surface area (TPSA) is 89.5 Å². The summed E-state index contributed by atoms with van der Waals surface area (Å²) < 4.78 is 2.14. The lowest BCUT2D eigenvalue weighted by atomic mass is 10.2. The second-order valence-electron chi connectivity index (χ2n) is 6.11. The maximum atomic E-state index is 12.1. The highest BCUT2D eigenvalue weighted by Gasteiger charge is 2.11. The van der Waals surface area contributed by atoms with Crippen LogP contribution in [0.2, 0.25) is 0 Å². The van der Waals surface area contributed by atoms with Gasteiger partial charge in [0.25, 0.3) is 11.6 Å². The fourth-order valence-corrected chi connectivity index (χ4v) is 2.75. The molecule has 0 bridgehead atoms. The molecule has 1 aromatic heterocycles. The Morgan fingerprint density at radius 3 is 2.73 bits per heavy atom. The van der Waals surface area contributed by atoms with E-state index >= 15 is 0 Å². The molecule has 1 amide bonds. The number of nitro benzene ring substituents is 1. The normalized spacial score (nSPS) is 11.3. The van der Waals surface area contributed by atoms with Crippen LogP contribution in [0.25, 0.3) is 10.9 Å². The van der Waals surface area contributed by atoms with Crippen molar-refractivity contribution >= 4 is 28.7 Å². The summed E-state index contributed by atoms with van der Waals surface area (Å²) in [5.41, 5.74) is 4.43. The predicted octanol–water partition coefficient (Wildman–Crippen LogP) is 3.89. The van der Waals surface area contributed by atoms with Gasteiger partial charge in [0, 0.05) is 46.4 Å². The molecule has 7 heteroatoms. The zero-order valence-corrected chi connectivity index (χ0v) is 14.4. The van der Waals surface area contributed by atoms with Crippen molar-refractivity contribution in [3.8, 4) is 0 Å². The van der Waals surface area contributed by atoms with E-state index in [-0.39, 0.29) is 11.3 Å². The lowest BCUT2D eigenvalue weighted by molar-refractivity contribution is -0.384. The first-order chi connectivity index (χ1) is 12.5. The Labute approximate surface area is 150 Å². The molecule has 0 atom stereocenters. The SMILES string of the molecule is CC(C)n1cc(/C=N/NC(=O)c2cccc([N+](=O)[O-])c2)c2ccccc21. The minimum atomic E-state index is -0.541. The van der Waals surface area contributed by atoms with E-state index in [2.05, 4.69) is 28.9 Å². The summed E-state index contributed by atoms with van der Waals surface area (Å²) in [6.45, 7) is 4.19. The van der Waals surface area contributed by atoms with Gasteiger partial charge in [-0.05, 0) is 26.0 Å². The monoisotopic (exact) mass is 350 g/mol. The molecule has 0 fully saturated rings. The molecule has 3 rings (SSSR count). The number of hydrogen-bond acceptors (Lipinski definition) is 4.